The summed E-state index contributed by atoms with van der Waals surface area (Å²) in [6, 6.07) is 0.586. The van der Waals surface area contributed by atoms with Gasteiger partial charge in [0.05, 0.1) is 0 Å². The van der Waals surface area contributed by atoms with Gasteiger partial charge in [-0.2, -0.15) is 0 Å². The van der Waals surface area contributed by atoms with Gasteiger partial charge in [-0.15, -0.1) is 0 Å². The van der Waals surface area contributed by atoms with Crippen LogP contribution in [0.3, 0.4) is 0 Å². The highest BCUT2D eigenvalue weighted by molar-refractivity contribution is 4.76. The summed E-state index contributed by atoms with van der Waals surface area (Å²) in [4.78, 5) is 0. The maximum Gasteiger partial charge on any atom is 0.00131 e. The maximum absolute atomic E-state index is 5.89. The van der Waals surface area contributed by atoms with E-state index in [2.05, 4.69) is 34.6 Å². The lowest BCUT2D eigenvalue weighted by Gasteiger charge is -2.30. The van der Waals surface area contributed by atoms with Crippen LogP contribution >= 0.6 is 0 Å². The first-order valence-electron chi connectivity index (χ1n) is 6.28. The molecular weight excluding hydrogens is 184 g/mol. The van der Waals surface area contributed by atoms with Gasteiger partial charge in [-0.3, -0.25) is 0 Å². The minimum atomic E-state index is 0.293. The normalized spacial score (nSPS) is 18.6. The Morgan fingerprint density at radius 2 is 1.40 bits per heavy atom. The summed E-state index contributed by atoms with van der Waals surface area (Å²) in [7, 11) is 0. The molecule has 0 aromatic carbocycles. The van der Waals surface area contributed by atoms with Crippen molar-refractivity contribution in [3.8, 4) is 0 Å². The van der Waals surface area contributed by atoms with Gasteiger partial charge in [0, 0.05) is 12.1 Å². The Kier molecular flexibility index (Phi) is 6.46. The van der Waals surface area contributed by atoms with Gasteiger partial charge in [0.25, 0.3) is 0 Å². The molecule has 0 saturated carbocycles. The summed E-state index contributed by atoms with van der Waals surface area (Å²) in [6.07, 6.45) is 4.67. The highest BCUT2D eigenvalue weighted by Crippen LogP contribution is 2.32. The molecule has 92 valence electrons. The Bertz CT molecular complexity index is 152. The van der Waals surface area contributed by atoms with Gasteiger partial charge in [-0.25, -0.2) is 0 Å². The lowest BCUT2D eigenvalue weighted by Crippen LogP contribution is -2.28. The van der Waals surface area contributed by atoms with Gasteiger partial charge in [0.1, 0.15) is 0 Å². The van der Waals surface area contributed by atoms with Crippen molar-refractivity contribution in [3.05, 3.63) is 0 Å². The van der Waals surface area contributed by atoms with Crippen molar-refractivity contribution in [2.24, 2.45) is 22.8 Å². The van der Waals surface area contributed by atoms with E-state index >= 15 is 0 Å². The van der Waals surface area contributed by atoms with Crippen molar-refractivity contribution in [1.29, 1.82) is 0 Å². The molecule has 0 fully saturated rings. The van der Waals surface area contributed by atoms with Gasteiger partial charge in [0.15, 0.2) is 0 Å². The summed E-state index contributed by atoms with van der Waals surface area (Å²) < 4.78 is 0. The molecule has 0 rings (SSSR count). The zero-order valence-electron chi connectivity index (χ0n) is 11.2. The fraction of sp³-hybridized carbons (Fsp3) is 1.00. The second kappa shape index (κ2) is 6.49. The molecule has 2 atom stereocenters. The fourth-order valence-corrected chi connectivity index (χ4v) is 2.24. The molecule has 0 aliphatic carbocycles. The summed E-state index contributed by atoms with van der Waals surface area (Å²) >= 11 is 0. The Morgan fingerprint density at radius 1 is 1.00 bits per heavy atom. The molecule has 0 heterocycles. The SMILES string of the molecule is CCC(C)(C)CC(CC(C)N)CC(C)N. The largest absolute Gasteiger partial charge is 0.328 e. The third kappa shape index (κ3) is 7.80. The molecule has 0 bridgehead atoms. The molecule has 4 N–H and O–H groups in total. The van der Waals surface area contributed by atoms with E-state index < -0.39 is 0 Å². The minimum absolute atomic E-state index is 0.293. The van der Waals surface area contributed by atoms with E-state index in [0.29, 0.717) is 23.4 Å². The molecule has 0 aliphatic heterocycles. The molecule has 2 unspecified atom stereocenters. The number of hydrogen-bond acceptors (Lipinski definition) is 2. The number of rotatable bonds is 7. The molecule has 2 heteroatoms. The van der Waals surface area contributed by atoms with Crippen LogP contribution in [-0.2, 0) is 0 Å². The van der Waals surface area contributed by atoms with Crippen molar-refractivity contribution in [3.63, 3.8) is 0 Å². The molecule has 0 aromatic rings. The molecule has 0 aliphatic rings. The summed E-state index contributed by atoms with van der Waals surface area (Å²) in [6.45, 7) is 11.1. The monoisotopic (exact) mass is 214 g/mol. The van der Waals surface area contributed by atoms with Crippen LogP contribution in [0, 0.1) is 11.3 Å². The Morgan fingerprint density at radius 3 is 1.67 bits per heavy atom. The Labute approximate surface area is 95.8 Å². The molecule has 15 heavy (non-hydrogen) atoms. The lowest BCUT2D eigenvalue weighted by atomic mass is 9.77. The van der Waals surface area contributed by atoms with Crippen LogP contribution in [0.25, 0.3) is 0 Å². The van der Waals surface area contributed by atoms with Gasteiger partial charge in [-0.05, 0) is 44.4 Å². The Hall–Kier alpha value is -0.0800. The lowest BCUT2D eigenvalue weighted by molar-refractivity contribution is 0.226. The first kappa shape index (κ1) is 14.9. The number of nitrogens with two attached hydrogens (primary N) is 2. The highest BCUT2D eigenvalue weighted by Gasteiger charge is 2.23. The van der Waals surface area contributed by atoms with Gasteiger partial charge >= 0.3 is 0 Å². The van der Waals surface area contributed by atoms with Crippen molar-refractivity contribution in [1.82, 2.24) is 0 Å². The third-order valence-electron chi connectivity index (χ3n) is 3.21. The van der Waals surface area contributed by atoms with Crippen LogP contribution in [0.5, 0.6) is 0 Å². The second-order valence-electron chi connectivity index (χ2n) is 6.01. The van der Waals surface area contributed by atoms with E-state index in [1.54, 1.807) is 0 Å². The topological polar surface area (TPSA) is 52.0 Å². The van der Waals surface area contributed by atoms with E-state index in [4.69, 9.17) is 11.5 Å². The molecule has 0 spiro atoms. The summed E-state index contributed by atoms with van der Waals surface area (Å²) in [5, 5.41) is 0. The zero-order chi connectivity index (χ0) is 12.1. The molecular formula is C13H30N2. The summed E-state index contributed by atoms with van der Waals surface area (Å²) in [5.41, 5.74) is 12.2. The third-order valence-corrected chi connectivity index (χ3v) is 3.21. The van der Waals surface area contributed by atoms with Crippen molar-refractivity contribution < 1.29 is 0 Å². The van der Waals surface area contributed by atoms with E-state index in [1.165, 1.54) is 12.8 Å². The van der Waals surface area contributed by atoms with E-state index in [1.807, 2.05) is 0 Å². The maximum atomic E-state index is 5.89. The number of hydrogen-bond donors (Lipinski definition) is 2. The summed E-state index contributed by atoms with van der Waals surface area (Å²) in [5.74, 6) is 0.681. The quantitative estimate of drug-likeness (QED) is 0.684. The van der Waals surface area contributed by atoms with Crippen molar-refractivity contribution in [2.45, 2.75) is 72.4 Å². The average molecular weight is 214 g/mol. The predicted octanol–water partition coefficient (Wildman–Crippen LogP) is 2.90. The molecule has 0 saturated heterocycles. The van der Waals surface area contributed by atoms with Crippen LogP contribution < -0.4 is 11.5 Å². The van der Waals surface area contributed by atoms with Crippen LogP contribution in [0.4, 0.5) is 0 Å². The molecule has 2 nitrogen and oxygen atoms in total. The standard InChI is InChI=1S/C13H30N2/c1-6-13(4,5)9-12(7-10(2)14)8-11(3)15/h10-12H,6-9,14-15H2,1-5H3. The van der Waals surface area contributed by atoms with E-state index in [0.717, 1.165) is 12.8 Å². The molecule has 0 amide bonds. The second-order valence-corrected chi connectivity index (χ2v) is 6.01. The molecule has 0 aromatic heterocycles. The Balaban J connectivity index is 4.23. The highest BCUT2D eigenvalue weighted by atomic mass is 14.6. The fourth-order valence-electron chi connectivity index (χ4n) is 2.24. The minimum Gasteiger partial charge on any atom is -0.328 e. The van der Waals surface area contributed by atoms with Gasteiger partial charge in [0.2, 0.25) is 0 Å². The first-order chi connectivity index (χ1) is 6.76. The average Bonchev–Trinajstić information content (AvgIpc) is 2.00. The first-order valence-corrected chi connectivity index (χ1v) is 6.28. The van der Waals surface area contributed by atoms with Crippen LogP contribution in [0.15, 0.2) is 0 Å². The van der Waals surface area contributed by atoms with Gasteiger partial charge < -0.3 is 11.5 Å². The van der Waals surface area contributed by atoms with Crippen molar-refractivity contribution >= 4 is 0 Å². The van der Waals surface area contributed by atoms with Crippen LogP contribution in [0.1, 0.15) is 60.3 Å². The zero-order valence-corrected chi connectivity index (χ0v) is 11.2. The smallest absolute Gasteiger partial charge is 0.00131 e. The predicted molar refractivity (Wildman–Crippen MR) is 68.7 cm³/mol. The van der Waals surface area contributed by atoms with Crippen LogP contribution in [-0.4, -0.2) is 12.1 Å². The van der Waals surface area contributed by atoms with Gasteiger partial charge in [-0.1, -0.05) is 27.2 Å². The van der Waals surface area contributed by atoms with E-state index in [-0.39, 0.29) is 0 Å². The van der Waals surface area contributed by atoms with Crippen LogP contribution in [0.2, 0.25) is 0 Å². The van der Waals surface area contributed by atoms with Crippen molar-refractivity contribution in [2.75, 3.05) is 0 Å². The molecule has 0 radical (unpaired) electrons. The van der Waals surface area contributed by atoms with E-state index in [9.17, 15) is 0 Å².